The summed E-state index contributed by atoms with van der Waals surface area (Å²) in [6.07, 6.45) is 0.830. The standard InChI is InChI=1S/C32H34N2OS/c1-6-27-29(25-15-10-11-18-28(25)35-27)26-19-36-32(33-26)30(22-13-8-7-9-14-22)34-31-23(20(2)3)16-12-17-24(31)21(4)5/h7-21,30,34H,6H2,1-5H3. The highest BCUT2D eigenvalue weighted by molar-refractivity contribution is 7.10. The van der Waals surface area contributed by atoms with E-state index in [1.165, 1.54) is 22.4 Å². The maximum Gasteiger partial charge on any atom is 0.134 e. The second-order valence-electron chi connectivity index (χ2n) is 9.93. The van der Waals surface area contributed by atoms with Crippen LogP contribution in [0.1, 0.15) is 80.0 Å². The summed E-state index contributed by atoms with van der Waals surface area (Å²) in [5.74, 6) is 1.82. The van der Waals surface area contributed by atoms with Crippen molar-refractivity contribution in [1.29, 1.82) is 0 Å². The number of para-hydroxylation sites is 2. The number of benzene rings is 3. The Labute approximate surface area is 218 Å². The molecule has 0 radical (unpaired) electrons. The highest BCUT2D eigenvalue weighted by Gasteiger charge is 2.24. The molecule has 0 fully saturated rings. The third-order valence-corrected chi connectivity index (χ3v) is 7.72. The molecule has 0 aliphatic heterocycles. The number of hydrogen-bond acceptors (Lipinski definition) is 4. The van der Waals surface area contributed by atoms with Crippen LogP contribution in [0.2, 0.25) is 0 Å². The van der Waals surface area contributed by atoms with E-state index < -0.39 is 0 Å². The smallest absolute Gasteiger partial charge is 0.134 e. The predicted molar refractivity (Wildman–Crippen MR) is 153 cm³/mol. The van der Waals surface area contributed by atoms with E-state index in [-0.39, 0.29) is 6.04 Å². The quantitative estimate of drug-likeness (QED) is 0.233. The summed E-state index contributed by atoms with van der Waals surface area (Å²) in [5.41, 5.74) is 8.15. The lowest BCUT2D eigenvalue weighted by Gasteiger charge is -2.26. The molecule has 0 aliphatic carbocycles. The number of rotatable bonds is 8. The first-order valence-electron chi connectivity index (χ1n) is 12.9. The summed E-state index contributed by atoms with van der Waals surface area (Å²) >= 11 is 1.71. The van der Waals surface area contributed by atoms with Crippen molar-refractivity contribution >= 4 is 28.0 Å². The predicted octanol–water partition coefficient (Wildman–Crippen LogP) is 9.57. The Morgan fingerprint density at radius 2 is 1.50 bits per heavy atom. The zero-order valence-corrected chi connectivity index (χ0v) is 22.5. The Bertz CT molecular complexity index is 1440. The van der Waals surface area contributed by atoms with Crippen LogP contribution in [0.3, 0.4) is 0 Å². The van der Waals surface area contributed by atoms with Gasteiger partial charge in [0.1, 0.15) is 22.4 Å². The highest BCUT2D eigenvalue weighted by Crippen LogP contribution is 2.40. The van der Waals surface area contributed by atoms with Crippen LogP contribution < -0.4 is 5.32 Å². The van der Waals surface area contributed by atoms with E-state index >= 15 is 0 Å². The number of aromatic nitrogens is 1. The molecule has 2 aromatic heterocycles. The van der Waals surface area contributed by atoms with E-state index in [4.69, 9.17) is 9.40 Å². The largest absolute Gasteiger partial charge is 0.460 e. The third kappa shape index (κ3) is 4.58. The van der Waals surface area contributed by atoms with Crippen LogP contribution >= 0.6 is 11.3 Å². The molecule has 4 heteroatoms. The lowest BCUT2D eigenvalue weighted by molar-refractivity contribution is 0.558. The van der Waals surface area contributed by atoms with Crippen LogP contribution in [0.25, 0.3) is 22.2 Å². The number of nitrogens with one attached hydrogen (secondary N) is 1. The van der Waals surface area contributed by atoms with Crippen LogP contribution in [0.15, 0.2) is 82.6 Å². The third-order valence-electron chi connectivity index (χ3n) is 6.81. The molecule has 184 valence electrons. The number of nitrogens with zero attached hydrogens (tertiary/aromatic N) is 1. The Balaban J connectivity index is 1.63. The van der Waals surface area contributed by atoms with E-state index in [1.807, 2.05) is 12.1 Å². The number of aryl methyl sites for hydroxylation is 1. The lowest BCUT2D eigenvalue weighted by Crippen LogP contribution is -2.16. The minimum Gasteiger partial charge on any atom is -0.460 e. The van der Waals surface area contributed by atoms with Gasteiger partial charge in [0.05, 0.1) is 11.3 Å². The SMILES string of the molecule is CCc1oc2ccccc2c1-c1csc(C(Nc2c(C(C)C)cccc2C(C)C)c2ccccc2)n1. The number of furan rings is 1. The summed E-state index contributed by atoms with van der Waals surface area (Å²) in [5, 5.41) is 8.32. The van der Waals surface area contributed by atoms with Gasteiger partial charge in [-0.25, -0.2) is 4.98 Å². The Kier molecular flexibility index (Phi) is 6.97. The van der Waals surface area contributed by atoms with E-state index in [0.29, 0.717) is 11.8 Å². The molecule has 0 saturated carbocycles. The first-order chi connectivity index (χ1) is 17.5. The molecule has 5 aromatic rings. The summed E-state index contributed by atoms with van der Waals surface area (Å²) in [6, 6.07) is 25.6. The van der Waals surface area contributed by atoms with E-state index in [2.05, 4.69) is 106 Å². The molecule has 1 unspecified atom stereocenters. The number of hydrogen-bond donors (Lipinski definition) is 1. The molecule has 2 heterocycles. The van der Waals surface area contributed by atoms with Crippen molar-refractivity contribution in [3.63, 3.8) is 0 Å². The van der Waals surface area contributed by atoms with E-state index in [0.717, 1.165) is 39.4 Å². The van der Waals surface area contributed by atoms with Crippen molar-refractivity contribution in [3.8, 4) is 11.3 Å². The van der Waals surface area contributed by atoms with Gasteiger partial charge in [0.25, 0.3) is 0 Å². The molecule has 1 N–H and O–H groups in total. The van der Waals surface area contributed by atoms with Gasteiger partial charge in [0.15, 0.2) is 0 Å². The maximum absolute atomic E-state index is 6.19. The molecular weight excluding hydrogens is 460 g/mol. The molecule has 0 amide bonds. The second-order valence-corrected chi connectivity index (χ2v) is 10.8. The van der Waals surface area contributed by atoms with Crippen LogP contribution in [0.4, 0.5) is 5.69 Å². The number of thiazole rings is 1. The zero-order chi connectivity index (χ0) is 25.2. The molecule has 1 atom stereocenters. The van der Waals surface area contributed by atoms with E-state index in [1.54, 1.807) is 11.3 Å². The minimum atomic E-state index is -0.0504. The molecule has 3 nitrogen and oxygen atoms in total. The van der Waals surface area contributed by atoms with Gasteiger partial charge in [-0.05, 0) is 34.6 Å². The Hall–Kier alpha value is -3.37. The van der Waals surface area contributed by atoms with Crippen LogP contribution in [0.5, 0.6) is 0 Å². The van der Waals surface area contributed by atoms with Gasteiger partial charge < -0.3 is 9.73 Å². The normalized spacial score (nSPS) is 12.5. The number of anilines is 1. The van der Waals surface area contributed by atoms with Gasteiger partial charge >= 0.3 is 0 Å². The topological polar surface area (TPSA) is 38.1 Å². The molecule has 5 rings (SSSR count). The van der Waals surface area contributed by atoms with Gasteiger partial charge in [-0.15, -0.1) is 11.3 Å². The fraction of sp³-hybridized carbons (Fsp3) is 0.281. The van der Waals surface area contributed by atoms with Crippen molar-refractivity contribution in [2.75, 3.05) is 5.32 Å². The fourth-order valence-electron chi connectivity index (χ4n) is 4.96. The molecule has 3 aromatic carbocycles. The lowest BCUT2D eigenvalue weighted by atomic mass is 9.92. The molecule has 0 aliphatic rings. The number of fused-ring (bicyclic) bond motifs is 1. The van der Waals surface area contributed by atoms with Gasteiger partial charge in [0.2, 0.25) is 0 Å². The molecule has 0 spiro atoms. The first-order valence-corrected chi connectivity index (χ1v) is 13.8. The van der Waals surface area contributed by atoms with Crippen molar-refractivity contribution in [2.24, 2.45) is 0 Å². The van der Waals surface area contributed by atoms with Gasteiger partial charge in [-0.2, -0.15) is 0 Å². The minimum absolute atomic E-state index is 0.0504. The highest BCUT2D eigenvalue weighted by atomic mass is 32.1. The zero-order valence-electron chi connectivity index (χ0n) is 21.7. The monoisotopic (exact) mass is 494 g/mol. The molecule has 0 saturated heterocycles. The average Bonchev–Trinajstić information content (AvgIpc) is 3.51. The van der Waals surface area contributed by atoms with Gasteiger partial charge in [-0.1, -0.05) is 101 Å². The fourth-order valence-corrected chi connectivity index (χ4v) is 5.84. The first kappa shape index (κ1) is 24.3. The Morgan fingerprint density at radius 3 is 2.17 bits per heavy atom. The molecule has 36 heavy (non-hydrogen) atoms. The second kappa shape index (κ2) is 10.3. The van der Waals surface area contributed by atoms with Crippen LogP contribution in [-0.4, -0.2) is 4.98 Å². The van der Waals surface area contributed by atoms with Crippen molar-refractivity contribution in [1.82, 2.24) is 4.98 Å². The van der Waals surface area contributed by atoms with Crippen LogP contribution in [0, 0.1) is 0 Å². The molecule has 0 bridgehead atoms. The summed E-state index contributed by atoms with van der Waals surface area (Å²) in [6.45, 7) is 11.2. The summed E-state index contributed by atoms with van der Waals surface area (Å²) < 4.78 is 6.19. The summed E-state index contributed by atoms with van der Waals surface area (Å²) in [4.78, 5) is 5.23. The van der Waals surface area contributed by atoms with Crippen molar-refractivity contribution in [2.45, 2.75) is 58.9 Å². The van der Waals surface area contributed by atoms with Gasteiger partial charge in [-0.3, -0.25) is 0 Å². The van der Waals surface area contributed by atoms with Crippen molar-refractivity contribution < 1.29 is 4.42 Å². The maximum atomic E-state index is 6.19. The van der Waals surface area contributed by atoms with Crippen LogP contribution in [-0.2, 0) is 6.42 Å². The average molecular weight is 495 g/mol. The van der Waals surface area contributed by atoms with Crippen molar-refractivity contribution in [3.05, 3.63) is 106 Å². The van der Waals surface area contributed by atoms with Gasteiger partial charge in [0, 0.05) is 22.9 Å². The van der Waals surface area contributed by atoms with E-state index in [9.17, 15) is 0 Å². The molecular formula is C32H34N2OS. The summed E-state index contributed by atoms with van der Waals surface area (Å²) in [7, 11) is 0. The Morgan fingerprint density at radius 1 is 0.833 bits per heavy atom.